The number of nitrogens with zero attached hydrogens (tertiary/aromatic N) is 2. The minimum Gasteiger partial charge on any atom is -0.340 e. The van der Waals surface area contributed by atoms with Crippen molar-refractivity contribution in [1.29, 1.82) is 0 Å². The predicted molar refractivity (Wildman–Crippen MR) is 59.7 cm³/mol. The molecule has 2 unspecified atom stereocenters. The van der Waals surface area contributed by atoms with Crippen LogP contribution in [0.4, 0.5) is 0 Å². The molecule has 4 nitrogen and oxygen atoms in total. The Labute approximate surface area is 91.5 Å². The van der Waals surface area contributed by atoms with Gasteiger partial charge in [-0.05, 0) is 12.8 Å². The average molecular weight is 211 g/mol. The van der Waals surface area contributed by atoms with E-state index in [-0.39, 0.29) is 0 Å². The molecule has 0 saturated carbocycles. The third kappa shape index (κ3) is 4.00. The molecule has 2 atom stereocenters. The first kappa shape index (κ1) is 12.2. The lowest BCUT2D eigenvalue weighted by Gasteiger charge is -2.19. The van der Waals surface area contributed by atoms with Gasteiger partial charge in [-0.15, -0.1) is 0 Å². The van der Waals surface area contributed by atoms with Crippen molar-refractivity contribution in [2.24, 2.45) is 5.92 Å². The molecular formula is C11H21N3O. The van der Waals surface area contributed by atoms with Crippen LogP contribution < -0.4 is 5.32 Å². The standard InChI is InChI=1S/C11H21N3O/c1-5-8(2)9(3)12-7-6-11-13-10(4)15-14-11/h8-9,12H,5-7H2,1-4H3. The van der Waals surface area contributed by atoms with Crippen LogP contribution in [0.5, 0.6) is 0 Å². The summed E-state index contributed by atoms with van der Waals surface area (Å²) in [6, 6.07) is 0.544. The fraction of sp³-hybridized carbons (Fsp3) is 0.818. The smallest absolute Gasteiger partial charge is 0.223 e. The first-order chi connectivity index (χ1) is 7.13. The molecule has 0 saturated heterocycles. The van der Waals surface area contributed by atoms with Crippen molar-refractivity contribution >= 4 is 0 Å². The van der Waals surface area contributed by atoms with Gasteiger partial charge in [-0.2, -0.15) is 4.98 Å². The molecule has 0 aliphatic rings. The minimum absolute atomic E-state index is 0.544. The van der Waals surface area contributed by atoms with Gasteiger partial charge in [0.15, 0.2) is 5.82 Å². The third-order valence-corrected chi connectivity index (χ3v) is 2.88. The first-order valence-electron chi connectivity index (χ1n) is 5.66. The van der Waals surface area contributed by atoms with Crippen LogP contribution in [-0.2, 0) is 6.42 Å². The number of hydrogen-bond acceptors (Lipinski definition) is 4. The molecule has 0 aliphatic carbocycles. The molecule has 1 heterocycles. The quantitative estimate of drug-likeness (QED) is 0.781. The summed E-state index contributed by atoms with van der Waals surface area (Å²) in [6.07, 6.45) is 2.04. The Morgan fingerprint density at radius 1 is 1.40 bits per heavy atom. The fourth-order valence-electron chi connectivity index (χ4n) is 1.41. The van der Waals surface area contributed by atoms with Gasteiger partial charge in [-0.1, -0.05) is 25.4 Å². The topological polar surface area (TPSA) is 51.0 Å². The summed E-state index contributed by atoms with van der Waals surface area (Å²) in [5.74, 6) is 2.13. The molecule has 1 aromatic rings. The van der Waals surface area contributed by atoms with Crippen LogP contribution in [0.25, 0.3) is 0 Å². The molecular weight excluding hydrogens is 190 g/mol. The maximum absolute atomic E-state index is 4.90. The van der Waals surface area contributed by atoms with Gasteiger partial charge in [0.05, 0.1) is 0 Å². The summed E-state index contributed by atoms with van der Waals surface area (Å²) in [6.45, 7) is 9.41. The van der Waals surface area contributed by atoms with Gasteiger partial charge in [0, 0.05) is 25.9 Å². The SMILES string of the molecule is CCC(C)C(C)NCCc1noc(C)n1. The molecule has 0 amide bonds. The van der Waals surface area contributed by atoms with E-state index in [9.17, 15) is 0 Å². The summed E-state index contributed by atoms with van der Waals surface area (Å²) in [5.41, 5.74) is 0. The molecule has 0 aromatic carbocycles. The van der Waals surface area contributed by atoms with Crippen LogP contribution in [0.1, 0.15) is 38.9 Å². The summed E-state index contributed by atoms with van der Waals surface area (Å²) in [4.78, 5) is 4.15. The Bertz CT molecular complexity index is 285. The van der Waals surface area contributed by atoms with Crippen molar-refractivity contribution in [3.05, 3.63) is 11.7 Å². The molecule has 86 valence electrons. The van der Waals surface area contributed by atoms with Gasteiger partial charge in [0.1, 0.15) is 0 Å². The van der Waals surface area contributed by atoms with Gasteiger partial charge >= 0.3 is 0 Å². The highest BCUT2D eigenvalue weighted by atomic mass is 16.5. The van der Waals surface area contributed by atoms with E-state index in [0.29, 0.717) is 17.9 Å². The molecule has 0 spiro atoms. The maximum Gasteiger partial charge on any atom is 0.223 e. The first-order valence-corrected chi connectivity index (χ1v) is 5.66. The van der Waals surface area contributed by atoms with E-state index in [0.717, 1.165) is 18.8 Å². The third-order valence-electron chi connectivity index (χ3n) is 2.88. The van der Waals surface area contributed by atoms with Gasteiger partial charge < -0.3 is 9.84 Å². The Morgan fingerprint density at radius 2 is 2.13 bits per heavy atom. The van der Waals surface area contributed by atoms with Crippen LogP contribution in [0.15, 0.2) is 4.52 Å². The van der Waals surface area contributed by atoms with Gasteiger partial charge in [-0.25, -0.2) is 0 Å². The van der Waals surface area contributed by atoms with Gasteiger partial charge in [0.25, 0.3) is 0 Å². The zero-order chi connectivity index (χ0) is 11.3. The number of hydrogen-bond donors (Lipinski definition) is 1. The second-order valence-corrected chi connectivity index (χ2v) is 4.11. The minimum atomic E-state index is 0.544. The Kier molecular flexibility index (Phi) is 4.75. The lowest BCUT2D eigenvalue weighted by Crippen LogP contribution is -2.33. The number of nitrogens with one attached hydrogen (secondary N) is 1. The zero-order valence-electron chi connectivity index (χ0n) is 10.1. The summed E-state index contributed by atoms with van der Waals surface area (Å²) >= 11 is 0. The molecule has 1 aromatic heterocycles. The Balaban J connectivity index is 2.21. The molecule has 0 fully saturated rings. The normalized spacial score (nSPS) is 15.2. The van der Waals surface area contributed by atoms with Crippen molar-refractivity contribution < 1.29 is 4.52 Å². The Hall–Kier alpha value is -0.900. The molecule has 4 heteroatoms. The van der Waals surface area contributed by atoms with Crippen molar-refractivity contribution in [3.63, 3.8) is 0 Å². The number of aromatic nitrogens is 2. The van der Waals surface area contributed by atoms with E-state index >= 15 is 0 Å². The van der Waals surface area contributed by atoms with Crippen LogP contribution >= 0.6 is 0 Å². The van der Waals surface area contributed by atoms with Gasteiger partial charge in [-0.3, -0.25) is 0 Å². The summed E-state index contributed by atoms with van der Waals surface area (Å²) < 4.78 is 4.90. The molecule has 1 N–H and O–H groups in total. The van der Waals surface area contributed by atoms with Crippen molar-refractivity contribution in [3.8, 4) is 0 Å². The van der Waals surface area contributed by atoms with E-state index in [1.807, 2.05) is 6.92 Å². The van der Waals surface area contributed by atoms with E-state index in [1.165, 1.54) is 6.42 Å². The van der Waals surface area contributed by atoms with Crippen molar-refractivity contribution in [1.82, 2.24) is 15.5 Å². The highest BCUT2D eigenvalue weighted by Crippen LogP contribution is 2.06. The van der Waals surface area contributed by atoms with Crippen LogP contribution in [0.2, 0.25) is 0 Å². The maximum atomic E-state index is 4.90. The molecule has 15 heavy (non-hydrogen) atoms. The van der Waals surface area contributed by atoms with Crippen molar-refractivity contribution in [2.45, 2.75) is 46.6 Å². The molecule has 0 bridgehead atoms. The Morgan fingerprint density at radius 3 is 2.67 bits per heavy atom. The lowest BCUT2D eigenvalue weighted by atomic mass is 10.0. The van der Waals surface area contributed by atoms with E-state index in [4.69, 9.17) is 4.52 Å². The fourth-order valence-corrected chi connectivity index (χ4v) is 1.41. The van der Waals surface area contributed by atoms with Crippen LogP contribution in [0, 0.1) is 12.8 Å². The largest absolute Gasteiger partial charge is 0.340 e. The zero-order valence-corrected chi connectivity index (χ0v) is 10.1. The second-order valence-electron chi connectivity index (χ2n) is 4.11. The van der Waals surface area contributed by atoms with Crippen LogP contribution in [-0.4, -0.2) is 22.7 Å². The summed E-state index contributed by atoms with van der Waals surface area (Å²) in [5, 5.41) is 7.32. The lowest BCUT2D eigenvalue weighted by molar-refractivity contribution is 0.378. The number of rotatable bonds is 6. The monoisotopic (exact) mass is 211 g/mol. The average Bonchev–Trinajstić information content (AvgIpc) is 2.63. The molecule has 0 aliphatic heterocycles. The van der Waals surface area contributed by atoms with Crippen LogP contribution in [0.3, 0.4) is 0 Å². The second kappa shape index (κ2) is 5.85. The highest BCUT2D eigenvalue weighted by molar-refractivity contribution is 4.85. The molecule has 1 rings (SSSR count). The van der Waals surface area contributed by atoms with Crippen molar-refractivity contribution in [2.75, 3.05) is 6.54 Å². The van der Waals surface area contributed by atoms with E-state index in [1.54, 1.807) is 0 Å². The predicted octanol–water partition coefficient (Wildman–Crippen LogP) is 1.94. The molecule has 0 radical (unpaired) electrons. The van der Waals surface area contributed by atoms with E-state index < -0.39 is 0 Å². The van der Waals surface area contributed by atoms with E-state index in [2.05, 4.69) is 36.2 Å². The number of aryl methyl sites for hydroxylation is 1. The highest BCUT2D eigenvalue weighted by Gasteiger charge is 2.09. The van der Waals surface area contributed by atoms with Gasteiger partial charge in [0.2, 0.25) is 5.89 Å². The summed E-state index contributed by atoms with van der Waals surface area (Å²) in [7, 11) is 0.